The number of benzene rings is 1. The van der Waals surface area contributed by atoms with Crippen molar-refractivity contribution in [3.05, 3.63) is 47.9 Å². The number of nitrogens with zero attached hydrogens (tertiary/aromatic N) is 3. The summed E-state index contributed by atoms with van der Waals surface area (Å²) in [4.78, 5) is 23.6. The maximum Gasteiger partial charge on any atom is 0.228 e. The number of aromatic nitrogens is 2. The molecule has 0 spiro atoms. The van der Waals surface area contributed by atoms with Crippen molar-refractivity contribution in [1.29, 1.82) is 0 Å². The molecular weight excluding hydrogens is 368 g/mol. The van der Waals surface area contributed by atoms with Gasteiger partial charge in [-0.2, -0.15) is 4.98 Å². The molecule has 7 nitrogen and oxygen atoms in total. The molecule has 3 aromatic rings. The SMILES string of the molecule is COc1ccnc(N2CCC(C(=O)NC(C)c3oc4ccccc4c3C)CC2)n1. The Morgan fingerprint density at radius 1 is 1.28 bits per heavy atom. The van der Waals surface area contributed by atoms with E-state index in [0.717, 1.165) is 48.2 Å². The monoisotopic (exact) mass is 394 g/mol. The second-order valence-corrected chi connectivity index (χ2v) is 7.48. The van der Waals surface area contributed by atoms with Gasteiger partial charge in [0.15, 0.2) is 0 Å². The van der Waals surface area contributed by atoms with Gasteiger partial charge < -0.3 is 19.4 Å². The molecule has 1 N–H and O–H groups in total. The lowest BCUT2D eigenvalue weighted by Crippen LogP contribution is -2.41. The van der Waals surface area contributed by atoms with Crippen LogP contribution in [0.25, 0.3) is 11.0 Å². The Morgan fingerprint density at radius 2 is 2.03 bits per heavy atom. The number of hydrogen-bond acceptors (Lipinski definition) is 6. The number of carbonyl (C=O) groups is 1. The van der Waals surface area contributed by atoms with Gasteiger partial charge in [-0.05, 0) is 32.8 Å². The second kappa shape index (κ2) is 8.11. The highest BCUT2D eigenvalue weighted by atomic mass is 16.5. The molecule has 0 saturated carbocycles. The topological polar surface area (TPSA) is 80.5 Å². The molecule has 2 aromatic heterocycles. The molecule has 4 rings (SSSR count). The maximum atomic E-state index is 12.8. The Bertz CT molecular complexity index is 1010. The molecule has 1 saturated heterocycles. The third-order valence-corrected chi connectivity index (χ3v) is 5.61. The van der Waals surface area contributed by atoms with Crippen LogP contribution in [0.1, 0.15) is 37.1 Å². The van der Waals surface area contributed by atoms with Gasteiger partial charge in [-0.1, -0.05) is 18.2 Å². The molecule has 7 heteroatoms. The minimum absolute atomic E-state index is 0.0241. The van der Waals surface area contributed by atoms with Gasteiger partial charge in [0.25, 0.3) is 0 Å². The highest BCUT2D eigenvalue weighted by Gasteiger charge is 2.28. The lowest BCUT2D eigenvalue weighted by atomic mass is 9.95. The van der Waals surface area contributed by atoms with Gasteiger partial charge in [0.1, 0.15) is 11.3 Å². The van der Waals surface area contributed by atoms with Crippen molar-refractivity contribution in [3.63, 3.8) is 0 Å². The van der Waals surface area contributed by atoms with Crippen LogP contribution in [0.2, 0.25) is 0 Å². The molecule has 1 unspecified atom stereocenters. The zero-order valence-electron chi connectivity index (χ0n) is 17.0. The van der Waals surface area contributed by atoms with Gasteiger partial charge in [-0.3, -0.25) is 4.79 Å². The summed E-state index contributed by atoms with van der Waals surface area (Å²) in [5, 5.41) is 4.23. The number of para-hydroxylation sites is 1. The van der Waals surface area contributed by atoms with E-state index in [-0.39, 0.29) is 17.9 Å². The second-order valence-electron chi connectivity index (χ2n) is 7.48. The van der Waals surface area contributed by atoms with E-state index in [0.29, 0.717) is 11.8 Å². The quantitative estimate of drug-likeness (QED) is 0.712. The highest BCUT2D eigenvalue weighted by molar-refractivity contribution is 5.83. The first-order chi connectivity index (χ1) is 14.1. The first-order valence-corrected chi connectivity index (χ1v) is 9.97. The van der Waals surface area contributed by atoms with Crippen LogP contribution in [-0.2, 0) is 4.79 Å². The van der Waals surface area contributed by atoms with E-state index in [9.17, 15) is 4.79 Å². The number of fused-ring (bicyclic) bond motifs is 1. The van der Waals surface area contributed by atoms with Crippen LogP contribution in [0.4, 0.5) is 5.95 Å². The zero-order chi connectivity index (χ0) is 20.4. The molecule has 1 amide bonds. The van der Waals surface area contributed by atoms with Crippen molar-refractivity contribution < 1.29 is 13.9 Å². The molecule has 1 atom stereocenters. The van der Waals surface area contributed by atoms with E-state index >= 15 is 0 Å². The minimum Gasteiger partial charge on any atom is -0.481 e. The number of ether oxygens (including phenoxy) is 1. The van der Waals surface area contributed by atoms with Crippen molar-refractivity contribution in [1.82, 2.24) is 15.3 Å². The summed E-state index contributed by atoms with van der Waals surface area (Å²) in [5.74, 6) is 2.06. The molecular formula is C22H26N4O3. The van der Waals surface area contributed by atoms with Crippen LogP contribution >= 0.6 is 0 Å². The summed E-state index contributed by atoms with van der Waals surface area (Å²) >= 11 is 0. The van der Waals surface area contributed by atoms with Crippen molar-refractivity contribution >= 4 is 22.8 Å². The summed E-state index contributed by atoms with van der Waals surface area (Å²) in [6.45, 7) is 5.49. The minimum atomic E-state index is -0.172. The summed E-state index contributed by atoms with van der Waals surface area (Å²) in [6, 6.07) is 9.51. The molecule has 152 valence electrons. The van der Waals surface area contributed by atoms with Gasteiger partial charge in [0.05, 0.1) is 13.2 Å². The van der Waals surface area contributed by atoms with Gasteiger partial charge in [0.2, 0.25) is 17.7 Å². The van der Waals surface area contributed by atoms with E-state index in [1.54, 1.807) is 19.4 Å². The highest BCUT2D eigenvalue weighted by Crippen LogP contribution is 2.30. The number of piperidine rings is 1. The standard InChI is InChI=1S/C22H26N4O3/c1-14-17-6-4-5-7-18(17)29-20(14)15(2)24-21(27)16-9-12-26(13-10-16)22-23-11-8-19(25-22)28-3/h4-8,11,15-16H,9-10,12-13H2,1-3H3,(H,24,27). The first-order valence-electron chi connectivity index (χ1n) is 9.97. The molecule has 1 fully saturated rings. The number of hydrogen-bond donors (Lipinski definition) is 1. The fourth-order valence-corrected chi connectivity index (χ4v) is 3.94. The van der Waals surface area contributed by atoms with Crippen molar-refractivity contribution in [3.8, 4) is 5.88 Å². The number of carbonyl (C=O) groups excluding carboxylic acids is 1. The fraction of sp³-hybridized carbons (Fsp3) is 0.409. The Morgan fingerprint density at radius 3 is 2.76 bits per heavy atom. The number of nitrogens with one attached hydrogen (secondary N) is 1. The number of aryl methyl sites for hydroxylation is 1. The summed E-state index contributed by atoms with van der Waals surface area (Å²) < 4.78 is 11.2. The smallest absolute Gasteiger partial charge is 0.228 e. The number of furan rings is 1. The Balaban J connectivity index is 1.37. The molecule has 0 bridgehead atoms. The van der Waals surface area contributed by atoms with Gasteiger partial charge in [0, 0.05) is 42.2 Å². The van der Waals surface area contributed by atoms with Gasteiger partial charge >= 0.3 is 0 Å². The summed E-state index contributed by atoms with van der Waals surface area (Å²) in [7, 11) is 1.59. The maximum absolute atomic E-state index is 12.8. The third-order valence-electron chi connectivity index (χ3n) is 5.61. The Kier molecular flexibility index (Phi) is 5.38. The molecule has 1 aromatic carbocycles. The van der Waals surface area contributed by atoms with Crippen molar-refractivity contribution in [2.45, 2.75) is 32.7 Å². The molecule has 0 radical (unpaired) electrons. The van der Waals surface area contributed by atoms with Crippen LogP contribution in [-0.4, -0.2) is 36.1 Å². The van der Waals surface area contributed by atoms with Crippen molar-refractivity contribution in [2.75, 3.05) is 25.1 Å². The number of anilines is 1. The van der Waals surface area contributed by atoms with E-state index < -0.39 is 0 Å². The van der Waals surface area contributed by atoms with Crippen LogP contribution in [0.5, 0.6) is 5.88 Å². The third kappa shape index (κ3) is 3.90. The fourth-order valence-electron chi connectivity index (χ4n) is 3.94. The summed E-state index contributed by atoms with van der Waals surface area (Å²) in [6.07, 6.45) is 3.22. The summed E-state index contributed by atoms with van der Waals surface area (Å²) in [5.41, 5.74) is 1.94. The Hall–Kier alpha value is -3.09. The average molecular weight is 394 g/mol. The lowest BCUT2D eigenvalue weighted by Gasteiger charge is -2.31. The molecule has 1 aliphatic rings. The largest absolute Gasteiger partial charge is 0.481 e. The molecule has 3 heterocycles. The molecule has 0 aliphatic carbocycles. The first kappa shape index (κ1) is 19.2. The van der Waals surface area contributed by atoms with Crippen LogP contribution in [0.15, 0.2) is 40.9 Å². The lowest BCUT2D eigenvalue weighted by molar-refractivity contribution is -0.126. The zero-order valence-corrected chi connectivity index (χ0v) is 17.0. The predicted octanol–water partition coefficient (Wildman–Crippen LogP) is 3.63. The van der Waals surface area contributed by atoms with Crippen LogP contribution in [0, 0.1) is 12.8 Å². The normalized spacial score (nSPS) is 16.0. The average Bonchev–Trinajstić information content (AvgIpc) is 3.11. The van der Waals surface area contributed by atoms with Crippen LogP contribution in [0.3, 0.4) is 0 Å². The molecule has 1 aliphatic heterocycles. The van der Waals surface area contributed by atoms with E-state index in [2.05, 4.69) is 20.2 Å². The molecule has 29 heavy (non-hydrogen) atoms. The number of amides is 1. The Labute approximate surface area is 170 Å². The van der Waals surface area contributed by atoms with Gasteiger partial charge in [-0.25, -0.2) is 4.98 Å². The number of methoxy groups -OCH3 is 1. The van der Waals surface area contributed by atoms with E-state index in [1.807, 2.05) is 38.1 Å². The predicted molar refractivity (Wildman–Crippen MR) is 111 cm³/mol. The van der Waals surface area contributed by atoms with Gasteiger partial charge in [-0.15, -0.1) is 0 Å². The number of rotatable bonds is 5. The van der Waals surface area contributed by atoms with Crippen LogP contribution < -0.4 is 15.0 Å². The van der Waals surface area contributed by atoms with Crippen molar-refractivity contribution in [2.24, 2.45) is 5.92 Å². The van der Waals surface area contributed by atoms with E-state index in [4.69, 9.17) is 9.15 Å². The van der Waals surface area contributed by atoms with E-state index in [1.165, 1.54) is 0 Å².